The summed E-state index contributed by atoms with van der Waals surface area (Å²) in [5.41, 5.74) is 4.83. The zero-order valence-corrected chi connectivity index (χ0v) is 24.6. The molecule has 0 amide bonds. The first kappa shape index (κ1) is 30.6. The number of pyridine rings is 1. The summed E-state index contributed by atoms with van der Waals surface area (Å²) in [5, 5.41) is 0.995. The van der Waals surface area contributed by atoms with E-state index in [0.29, 0.717) is 19.4 Å². The Hall–Kier alpha value is -3.35. The maximum Gasteiger partial charge on any atom is 0.268 e. The first-order valence-corrected chi connectivity index (χ1v) is 15.6. The monoisotopic (exact) mass is 574 g/mol. The van der Waals surface area contributed by atoms with Gasteiger partial charge >= 0.3 is 0 Å². The molecule has 4 rings (SSSR count). The van der Waals surface area contributed by atoms with E-state index in [4.69, 9.17) is 13.8 Å². The Balaban J connectivity index is 1.37. The third-order valence-corrected chi connectivity index (χ3v) is 7.73. The highest BCUT2D eigenvalue weighted by Gasteiger charge is 2.15. The number of phosphoric acid groups is 1. The summed E-state index contributed by atoms with van der Waals surface area (Å²) < 4.78 is 27.4. The maximum absolute atomic E-state index is 13.0. The molecule has 0 aliphatic rings. The molecule has 1 heterocycles. The fourth-order valence-corrected chi connectivity index (χ4v) is 5.61. The Bertz CT molecular complexity index is 1470. The van der Waals surface area contributed by atoms with Gasteiger partial charge in [0.05, 0.1) is 18.2 Å². The molecule has 216 valence electrons. The van der Waals surface area contributed by atoms with E-state index < -0.39 is 13.9 Å². The van der Waals surface area contributed by atoms with Crippen LogP contribution in [0.1, 0.15) is 57.1 Å². The highest BCUT2D eigenvalue weighted by Crippen LogP contribution is 2.40. The summed E-state index contributed by atoms with van der Waals surface area (Å²) in [5.74, 6) is 0.906. The van der Waals surface area contributed by atoms with Gasteiger partial charge in [0.1, 0.15) is 18.1 Å². The van der Waals surface area contributed by atoms with Crippen molar-refractivity contribution < 1.29 is 28.0 Å². The number of fused-ring (bicyclic) bond motifs is 1. The van der Waals surface area contributed by atoms with Gasteiger partial charge in [-0.2, -0.15) is 0 Å². The van der Waals surface area contributed by atoms with E-state index >= 15 is 0 Å². The number of nitrogens with zero attached hydrogens (tertiary/aromatic N) is 1. The number of phosphoric ester groups is 1. The molecule has 0 fully saturated rings. The number of aromatic nitrogens is 1. The summed E-state index contributed by atoms with van der Waals surface area (Å²) in [6, 6.07) is 26.0. The van der Waals surface area contributed by atoms with E-state index in [0.717, 1.165) is 58.2 Å². The van der Waals surface area contributed by atoms with Crippen LogP contribution in [0.4, 0.5) is 0 Å². The highest BCUT2D eigenvalue weighted by molar-refractivity contribution is 7.45. The highest BCUT2D eigenvalue weighted by atomic mass is 31.2. The minimum atomic E-state index is -4.25. The van der Waals surface area contributed by atoms with Gasteiger partial charge < -0.3 is 18.7 Å². The fourth-order valence-electron chi connectivity index (χ4n) is 4.68. The molecule has 0 aliphatic heterocycles. The van der Waals surface area contributed by atoms with Gasteiger partial charge in [-0.05, 0) is 67.1 Å². The molecule has 0 saturated heterocycles. The molecule has 0 N–H and O–H groups in total. The minimum Gasteiger partial charge on any atom is -0.756 e. The SMILES string of the molecule is CC(C)OP(=O)([O-])OCCCCCCC(=O)Cc1cnc2ccccc2c1-c1cccc(OCc2ccccc2)c1. The maximum atomic E-state index is 13.0. The second kappa shape index (κ2) is 15.0. The van der Waals surface area contributed by atoms with Crippen LogP contribution in [0.3, 0.4) is 0 Å². The van der Waals surface area contributed by atoms with Gasteiger partial charge in [-0.3, -0.25) is 14.3 Å². The lowest BCUT2D eigenvalue weighted by Gasteiger charge is -2.24. The van der Waals surface area contributed by atoms with E-state index in [-0.39, 0.29) is 18.8 Å². The van der Waals surface area contributed by atoms with Crippen LogP contribution in [0.5, 0.6) is 5.75 Å². The summed E-state index contributed by atoms with van der Waals surface area (Å²) in [6.45, 7) is 3.84. The number of hydrogen-bond donors (Lipinski definition) is 0. The molecule has 0 spiro atoms. The summed E-state index contributed by atoms with van der Waals surface area (Å²) >= 11 is 0. The van der Waals surface area contributed by atoms with E-state index in [1.165, 1.54) is 0 Å². The standard InChI is InChI=1S/C33H38NO6P/c1-25(2)40-41(36,37)39-20-11-4-3-8-16-29(35)21-28-23-34-32-19-10-9-18-31(32)33(28)27-15-12-17-30(22-27)38-24-26-13-6-5-7-14-26/h5-7,9-10,12-15,17-19,22-23,25H,3-4,8,11,16,20-21,24H2,1-2H3,(H,36,37)/p-1. The Morgan fingerprint density at radius 1 is 0.927 bits per heavy atom. The molecular formula is C33H37NO6P-. The number of unbranched alkanes of at least 4 members (excludes halogenated alkanes) is 3. The quantitative estimate of drug-likeness (QED) is 0.101. The van der Waals surface area contributed by atoms with Crippen molar-refractivity contribution in [1.29, 1.82) is 0 Å². The number of rotatable bonds is 16. The van der Waals surface area contributed by atoms with Crippen LogP contribution < -0.4 is 9.63 Å². The van der Waals surface area contributed by atoms with Crippen molar-refractivity contribution in [3.05, 3.63) is 96.2 Å². The van der Waals surface area contributed by atoms with E-state index in [9.17, 15) is 14.3 Å². The number of carbonyl (C=O) groups excluding carboxylic acids is 1. The van der Waals surface area contributed by atoms with Crippen molar-refractivity contribution in [3.63, 3.8) is 0 Å². The Labute approximate surface area is 242 Å². The van der Waals surface area contributed by atoms with Crippen LogP contribution in [-0.2, 0) is 31.4 Å². The summed E-state index contributed by atoms with van der Waals surface area (Å²) in [4.78, 5) is 29.3. The van der Waals surface area contributed by atoms with Crippen LogP contribution >= 0.6 is 7.82 Å². The van der Waals surface area contributed by atoms with Gasteiger partial charge in [0, 0.05) is 24.4 Å². The normalized spacial score (nSPS) is 12.9. The molecule has 0 radical (unpaired) electrons. The molecular weight excluding hydrogens is 537 g/mol. The van der Waals surface area contributed by atoms with E-state index in [2.05, 4.69) is 4.98 Å². The molecule has 0 aliphatic carbocycles. The molecule has 1 unspecified atom stereocenters. The number of hydrogen-bond acceptors (Lipinski definition) is 7. The number of ether oxygens (including phenoxy) is 1. The fraction of sp³-hybridized carbons (Fsp3) is 0.333. The molecule has 3 aromatic carbocycles. The Kier molecular flexibility index (Phi) is 11.2. The van der Waals surface area contributed by atoms with E-state index in [1.54, 1.807) is 13.8 Å². The smallest absolute Gasteiger partial charge is 0.268 e. The van der Waals surface area contributed by atoms with Crippen LogP contribution in [0.2, 0.25) is 0 Å². The molecule has 0 saturated carbocycles. The minimum absolute atomic E-state index is 0.0850. The third-order valence-electron chi connectivity index (χ3n) is 6.55. The number of Topliss-reactive ketones (excluding diaryl/α,β-unsaturated/α-hetero) is 1. The largest absolute Gasteiger partial charge is 0.756 e. The molecule has 1 aromatic heterocycles. The first-order valence-electron chi connectivity index (χ1n) is 14.1. The van der Waals surface area contributed by atoms with Crippen LogP contribution in [-0.4, -0.2) is 23.5 Å². The zero-order chi connectivity index (χ0) is 29.1. The average molecular weight is 575 g/mol. The molecule has 4 aromatic rings. The van der Waals surface area contributed by atoms with Crippen LogP contribution in [0, 0.1) is 0 Å². The predicted molar refractivity (Wildman–Crippen MR) is 160 cm³/mol. The van der Waals surface area contributed by atoms with Gasteiger partial charge in [-0.25, -0.2) is 0 Å². The van der Waals surface area contributed by atoms with Gasteiger partial charge in [0.15, 0.2) is 0 Å². The number of para-hydroxylation sites is 1. The van der Waals surface area contributed by atoms with Gasteiger partial charge in [-0.15, -0.1) is 0 Å². The molecule has 7 nitrogen and oxygen atoms in total. The molecule has 0 bridgehead atoms. The second-order valence-electron chi connectivity index (χ2n) is 10.3. The lowest BCUT2D eigenvalue weighted by molar-refractivity contribution is -0.228. The van der Waals surface area contributed by atoms with Gasteiger partial charge in [0.2, 0.25) is 0 Å². The first-order chi connectivity index (χ1) is 19.8. The van der Waals surface area contributed by atoms with Gasteiger partial charge in [-0.1, -0.05) is 73.5 Å². The molecule has 1 atom stereocenters. The molecule has 8 heteroatoms. The number of benzene rings is 3. The topological polar surface area (TPSA) is 97.8 Å². The van der Waals surface area contributed by atoms with Crippen molar-refractivity contribution >= 4 is 24.5 Å². The van der Waals surface area contributed by atoms with E-state index in [1.807, 2.05) is 85.1 Å². The van der Waals surface area contributed by atoms with Crippen molar-refractivity contribution in [1.82, 2.24) is 4.98 Å². The van der Waals surface area contributed by atoms with Crippen molar-refractivity contribution in [3.8, 4) is 16.9 Å². The van der Waals surface area contributed by atoms with Crippen LogP contribution in [0.25, 0.3) is 22.0 Å². The summed E-state index contributed by atoms with van der Waals surface area (Å²) in [6.07, 6.45) is 5.00. The predicted octanol–water partition coefficient (Wildman–Crippen LogP) is 7.45. The lowest BCUT2D eigenvalue weighted by Crippen LogP contribution is -2.13. The van der Waals surface area contributed by atoms with Crippen molar-refractivity contribution in [2.24, 2.45) is 0 Å². The Morgan fingerprint density at radius 2 is 1.68 bits per heavy atom. The summed E-state index contributed by atoms with van der Waals surface area (Å²) in [7, 11) is -4.25. The number of carbonyl (C=O) groups is 1. The van der Waals surface area contributed by atoms with Gasteiger partial charge in [0.25, 0.3) is 7.82 Å². The Morgan fingerprint density at radius 3 is 2.49 bits per heavy atom. The number of ketones is 1. The second-order valence-corrected chi connectivity index (χ2v) is 11.7. The van der Waals surface area contributed by atoms with Crippen molar-refractivity contribution in [2.45, 2.75) is 65.1 Å². The van der Waals surface area contributed by atoms with Crippen molar-refractivity contribution in [2.75, 3.05) is 6.61 Å². The lowest BCUT2D eigenvalue weighted by atomic mass is 9.93. The zero-order valence-electron chi connectivity index (χ0n) is 23.7. The molecule has 41 heavy (non-hydrogen) atoms. The average Bonchev–Trinajstić information content (AvgIpc) is 2.95. The van der Waals surface area contributed by atoms with Crippen LogP contribution in [0.15, 0.2) is 85.1 Å². The third kappa shape index (κ3) is 9.61.